The largest absolute Gasteiger partial charge is 0.336 e. The van der Waals surface area contributed by atoms with E-state index in [1.54, 1.807) is 0 Å². The first kappa shape index (κ1) is 24.7. The van der Waals surface area contributed by atoms with Crippen LogP contribution in [0.1, 0.15) is 37.9 Å². The van der Waals surface area contributed by atoms with Gasteiger partial charge in [0.1, 0.15) is 10.4 Å². The number of thioether (sulfide) groups is 1. The van der Waals surface area contributed by atoms with Gasteiger partial charge in [-0.1, -0.05) is 61.3 Å². The van der Waals surface area contributed by atoms with Crippen LogP contribution in [0.25, 0.3) is 0 Å². The zero-order chi connectivity index (χ0) is 25.1. The van der Waals surface area contributed by atoms with E-state index in [0.717, 1.165) is 40.0 Å². The first-order valence-electron chi connectivity index (χ1n) is 11.9. The molecule has 0 saturated carbocycles. The second-order valence-corrected chi connectivity index (χ2v) is 12.0. The van der Waals surface area contributed by atoms with Crippen molar-refractivity contribution in [1.29, 1.82) is 0 Å². The van der Waals surface area contributed by atoms with Crippen LogP contribution in [0.3, 0.4) is 0 Å². The van der Waals surface area contributed by atoms with Gasteiger partial charge in [0.2, 0.25) is 0 Å². The number of carbonyl (C=O) groups is 1. The molecule has 0 N–H and O–H groups in total. The Bertz CT molecular complexity index is 1200. The molecule has 184 valence electrons. The number of hydrogen-bond acceptors (Lipinski definition) is 5. The number of fused-ring (bicyclic) bond motifs is 1. The van der Waals surface area contributed by atoms with E-state index in [1.807, 2.05) is 48.3 Å². The Morgan fingerprint density at radius 1 is 1.09 bits per heavy atom. The van der Waals surface area contributed by atoms with E-state index in [4.69, 9.17) is 28.2 Å². The Morgan fingerprint density at radius 3 is 2.20 bits per heavy atom. The third kappa shape index (κ3) is 4.18. The number of halogens is 2. The molecule has 1 amide bonds. The van der Waals surface area contributed by atoms with E-state index in [9.17, 15) is 4.79 Å². The fourth-order valence-electron chi connectivity index (χ4n) is 5.30. The molecule has 3 aliphatic heterocycles. The van der Waals surface area contributed by atoms with Gasteiger partial charge in [-0.2, -0.15) is 0 Å². The van der Waals surface area contributed by atoms with Crippen molar-refractivity contribution in [2.75, 3.05) is 27.2 Å². The molecule has 2 atom stereocenters. The summed E-state index contributed by atoms with van der Waals surface area (Å²) in [5.41, 5.74) is 2.66. The Labute approximate surface area is 221 Å². The highest BCUT2D eigenvalue weighted by Gasteiger charge is 2.53. The molecule has 0 aromatic heterocycles. The van der Waals surface area contributed by atoms with Gasteiger partial charge in [0.15, 0.2) is 5.17 Å². The maximum Gasteiger partial charge on any atom is 0.262 e. The molecular weight excluding hydrogens is 499 g/mol. The van der Waals surface area contributed by atoms with Crippen molar-refractivity contribution in [3.8, 4) is 0 Å². The summed E-state index contributed by atoms with van der Waals surface area (Å²) in [5.74, 6) is 0.228. The Kier molecular flexibility index (Phi) is 6.45. The van der Waals surface area contributed by atoms with E-state index in [-0.39, 0.29) is 23.9 Å². The summed E-state index contributed by atoms with van der Waals surface area (Å²) in [7, 11) is 4.00. The highest BCUT2D eigenvalue weighted by Crippen LogP contribution is 2.56. The minimum atomic E-state index is -0.557. The van der Waals surface area contributed by atoms with E-state index < -0.39 is 5.54 Å². The number of aliphatic imine (C=N–C) groups is 1. The second-order valence-electron chi connectivity index (χ2n) is 10.1. The van der Waals surface area contributed by atoms with Crippen LogP contribution in [0.2, 0.25) is 10.0 Å². The van der Waals surface area contributed by atoms with Crippen molar-refractivity contribution in [3.63, 3.8) is 0 Å². The number of likely N-dealkylation sites (N-methyl/N-ethyl adjacent to an activating group) is 2. The van der Waals surface area contributed by atoms with E-state index in [1.165, 1.54) is 11.8 Å². The van der Waals surface area contributed by atoms with Crippen molar-refractivity contribution in [2.24, 2.45) is 10.9 Å². The molecule has 3 heterocycles. The number of benzene rings is 2. The van der Waals surface area contributed by atoms with Crippen LogP contribution in [0.4, 0.5) is 0 Å². The maximum atomic E-state index is 13.7. The summed E-state index contributed by atoms with van der Waals surface area (Å²) in [6.07, 6.45) is 0. The molecule has 8 heteroatoms. The van der Waals surface area contributed by atoms with Gasteiger partial charge < -0.3 is 14.7 Å². The van der Waals surface area contributed by atoms with Gasteiger partial charge in [-0.25, -0.2) is 4.99 Å². The van der Waals surface area contributed by atoms with Gasteiger partial charge >= 0.3 is 0 Å². The van der Waals surface area contributed by atoms with Gasteiger partial charge in [0.25, 0.3) is 5.91 Å². The highest BCUT2D eigenvalue weighted by molar-refractivity contribution is 8.18. The van der Waals surface area contributed by atoms with Gasteiger partial charge in [0, 0.05) is 35.9 Å². The summed E-state index contributed by atoms with van der Waals surface area (Å²) in [6.45, 7) is 8.28. The van der Waals surface area contributed by atoms with E-state index >= 15 is 0 Å². The van der Waals surface area contributed by atoms with Gasteiger partial charge in [-0.05, 0) is 67.0 Å². The summed E-state index contributed by atoms with van der Waals surface area (Å²) in [5, 5.41) is 2.26. The van der Waals surface area contributed by atoms with Gasteiger partial charge in [-0.3, -0.25) is 4.79 Å². The molecule has 0 radical (unpaired) electrons. The first-order chi connectivity index (χ1) is 16.6. The van der Waals surface area contributed by atoms with Crippen LogP contribution in [0, 0.1) is 5.92 Å². The SMILES string of the molecule is CC(C)C1=C(C(=O)N(C)C2CN(C)C2)SC2=N[C@@](C)(c3ccc(Cl)cc3)[C@@H](c3ccc(Cl)cc3)N21. The number of amidine groups is 1. The van der Waals surface area contributed by atoms with Crippen LogP contribution in [0.15, 0.2) is 64.1 Å². The number of likely N-dealkylation sites (tertiary alicyclic amines) is 1. The molecule has 3 aliphatic rings. The maximum absolute atomic E-state index is 13.7. The van der Waals surface area contributed by atoms with Crippen molar-refractivity contribution < 1.29 is 4.79 Å². The summed E-state index contributed by atoms with van der Waals surface area (Å²) >= 11 is 14.0. The molecule has 2 aromatic carbocycles. The quantitative estimate of drug-likeness (QED) is 0.476. The number of carbonyl (C=O) groups excluding carboxylic acids is 1. The minimum absolute atomic E-state index is 0.0805. The Morgan fingerprint density at radius 2 is 1.66 bits per heavy atom. The third-order valence-electron chi connectivity index (χ3n) is 7.28. The molecule has 5 nitrogen and oxygen atoms in total. The minimum Gasteiger partial charge on any atom is -0.336 e. The average Bonchev–Trinajstić information content (AvgIpc) is 3.29. The molecular formula is C27H30Cl2N4OS. The summed E-state index contributed by atoms with van der Waals surface area (Å²) in [6, 6.07) is 16.0. The monoisotopic (exact) mass is 528 g/mol. The topological polar surface area (TPSA) is 39.2 Å². The number of nitrogens with zero attached hydrogens (tertiary/aromatic N) is 4. The number of allylic oxidation sites excluding steroid dienone is 1. The summed E-state index contributed by atoms with van der Waals surface area (Å²) in [4.78, 5) is 26.2. The summed E-state index contributed by atoms with van der Waals surface area (Å²) < 4.78 is 0. The molecule has 0 spiro atoms. The van der Waals surface area contributed by atoms with E-state index in [2.05, 4.69) is 49.8 Å². The van der Waals surface area contributed by atoms with Crippen LogP contribution in [0.5, 0.6) is 0 Å². The zero-order valence-electron chi connectivity index (χ0n) is 20.6. The van der Waals surface area contributed by atoms with Crippen molar-refractivity contribution in [3.05, 3.63) is 80.3 Å². The fourth-order valence-corrected chi connectivity index (χ4v) is 6.94. The molecule has 5 rings (SSSR count). The van der Waals surface area contributed by atoms with Crippen LogP contribution in [-0.2, 0) is 10.3 Å². The second kappa shape index (κ2) is 9.15. The lowest BCUT2D eigenvalue weighted by atomic mass is 9.81. The first-order valence-corrected chi connectivity index (χ1v) is 13.5. The standard InChI is InChI=1S/C27H30Cl2N4OS/c1-16(2)22-23(25(34)32(5)21-14-31(4)15-21)35-26-30-27(3,18-8-12-20(29)13-9-18)24(33(22)26)17-6-10-19(28)11-7-17/h6-13,16,21,24H,14-15H2,1-5H3/t24-,27+/m1/s1. The number of rotatable bonds is 5. The van der Waals surface area contributed by atoms with E-state index in [0.29, 0.717) is 10.0 Å². The molecule has 1 fully saturated rings. The molecule has 1 saturated heterocycles. The number of hydrogen-bond donors (Lipinski definition) is 0. The lowest BCUT2D eigenvalue weighted by Gasteiger charge is -2.42. The van der Waals surface area contributed by atoms with Gasteiger partial charge in [-0.15, -0.1) is 0 Å². The van der Waals surface area contributed by atoms with Crippen molar-refractivity contribution in [2.45, 2.75) is 38.4 Å². The zero-order valence-corrected chi connectivity index (χ0v) is 23.0. The predicted molar refractivity (Wildman–Crippen MR) is 146 cm³/mol. The average molecular weight is 530 g/mol. The van der Waals surface area contributed by atoms with Gasteiger partial charge in [0.05, 0.1) is 12.1 Å². The molecule has 2 aromatic rings. The molecule has 0 bridgehead atoms. The normalized spacial score (nSPS) is 24.6. The van der Waals surface area contributed by atoms with Crippen molar-refractivity contribution in [1.82, 2.24) is 14.7 Å². The van der Waals surface area contributed by atoms with Crippen LogP contribution in [-0.4, -0.2) is 59.0 Å². The lowest BCUT2D eigenvalue weighted by molar-refractivity contribution is -0.130. The van der Waals surface area contributed by atoms with Crippen LogP contribution < -0.4 is 0 Å². The van der Waals surface area contributed by atoms with Crippen LogP contribution >= 0.6 is 35.0 Å². The highest BCUT2D eigenvalue weighted by atomic mass is 35.5. The lowest BCUT2D eigenvalue weighted by Crippen LogP contribution is -2.58. The predicted octanol–water partition coefficient (Wildman–Crippen LogP) is 6.01. The molecule has 0 aliphatic carbocycles. The molecule has 35 heavy (non-hydrogen) atoms. The Balaban J connectivity index is 1.60. The Hall–Kier alpha value is -1.99. The molecule has 0 unspecified atom stereocenters. The van der Waals surface area contributed by atoms with Crippen molar-refractivity contribution >= 4 is 46.0 Å². The number of amides is 1. The fraction of sp³-hybridized carbons (Fsp3) is 0.407. The third-order valence-corrected chi connectivity index (χ3v) is 8.84. The smallest absolute Gasteiger partial charge is 0.262 e.